The molecule has 254 valence electrons. The monoisotopic (exact) mass is 688 g/mol. The Kier molecular flexibility index (Phi) is 6.93. The van der Waals surface area contributed by atoms with E-state index in [0.29, 0.717) is 0 Å². The number of para-hydroxylation sites is 1. The van der Waals surface area contributed by atoms with Gasteiger partial charge in [-0.05, 0) is 105 Å². The zero-order valence-electron chi connectivity index (χ0n) is 30.0. The molecule has 0 spiro atoms. The van der Waals surface area contributed by atoms with Crippen molar-refractivity contribution in [2.24, 2.45) is 0 Å². The van der Waals surface area contributed by atoms with Gasteiger partial charge in [0.05, 0.1) is 16.6 Å². The molecular weight excluding hydrogens is 653 g/mol. The van der Waals surface area contributed by atoms with Crippen molar-refractivity contribution in [3.8, 4) is 39.2 Å². The zero-order valence-corrected chi connectivity index (χ0v) is 30.0. The topological polar surface area (TPSA) is 17.8 Å². The lowest BCUT2D eigenvalue weighted by Crippen LogP contribution is -2.12. The van der Waals surface area contributed by atoms with E-state index in [1.807, 2.05) is 0 Å². The van der Waals surface area contributed by atoms with Crippen LogP contribution in [0, 0.1) is 6.92 Å². The second-order valence-electron chi connectivity index (χ2n) is 14.7. The highest BCUT2D eigenvalue weighted by atomic mass is 15.1. The Morgan fingerprint density at radius 3 is 2.13 bits per heavy atom. The number of benzene rings is 8. The molecule has 1 aliphatic carbocycles. The molecule has 0 radical (unpaired) electrons. The average molecular weight is 689 g/mol. The molecule has 0 N–H and O–H groups in total. The number of fused-ring (bicyclic) bond motifs is 9. The normalized spacial score (nSPS) is 13.8. The second kappa shape index (κ2) is 12.1. The Labute approximate surface area is 314 Å². The minimum absolute atomic E-state index is 0.262. The van der Waals surface area contributed by atoms with Crippen LogP contribution in [-0.2, 0) is 6.42 Å². The molecule has 2 heterocycles. The summed E-state index contributed by atoms with van der Waals surface area (Å²) < 4.78 is 2.43. The van der Waals surface area contributed by atoms with Crippen LogP contribution in [0.2, 0.25) is 0 Å². The van der Waals surface area contributed by atoms with Crippen molar-refractivity contribution in [2.75, 3.05) is 0 Å². The van der Waals surface area contributed by atoms with Crippen LogP contribution >= 0.6 is 0 Å². The Morgan fingerprint density at radius 2 is 1.22 bits per heavy atom. The predicted molar refractivity (Wildman–Crippen MR) is 227 cm³/mol. The maximum Gasteiger partial charge on any atom is 0.141 e. The van der Waals surface area contributed by atoms with E-state index in [1.54, 1.807) is 0 Å². The van der Waals surface area contributed by atoms with Gasteiger partial charge >= 0.3 is 0 Å². The maximum atomic E-state index is 5.49. The third-order valence-electron chi connectivity index (χ3n) is 11.7. The summed E-state index contributed by atoms with van der Waals surface area (Å²) in [6, 6.07) is 66.7. The van der Waals surface area contributed by atoms with Crippen molar-refractivity contribution >= 4 is 43.5 Å². The van der Waals surface area contributed by atoms with Gasteiger partial charge in [0.25, 0.3) is 0 Å². The molecule has 0 bridgehead atoms. The van der Waals surface area contributed by atoms with Gasteiger partial charge in [0.2, 0.25) is 0 Å². The molecule has 1 atom stereocenters. The summed E-state index contributed by atoms with van der Waals surface area (Å²) in [6.45, 7) is 2.25. The first-order valence-corrected chi connectivity index (χ1v) is 18.9. The van der Waals surface area contributed by atoms with Crippen LogP contribution < -0.4 is 0 Å². The van der Waals surface area contributed by atoms with Gasteiger partial charge in [0.1, 0.15) is 5.82 Å². The Morgan fingerprint density at radius 1 is 0.519 bits per heavy atom. The largest absolute Gasteiger partial charge is 0.294 e. The molecule has 2 nitrogen and oxygen atoms in total. The molecular formula is C52H36N2. The van der Waals surface area contributed by atoms with Crippen LogP contribution in [0.3, 0.4) is 0 Å². The van der Waals surface area contributed by atoms with E-state index in [1.165, 1.54) is 82.6 Å². The predicted octanol–water partition coefficient (Wildman–Crippen LogP) is 13.5. The fourth-order valence-electron chi connectivity index (χ4n) is 9.26. The van der Waals surface area contributed by atoms with E-state index in [-0.39, 0.29) is 5.92 Å². The summed E-state index contributed by atoms with van der Waals surface area (Å²) in [4.78, 5) is 5.49. The standard InChI is InChI=1S/C52H36N2/c1-33-50(39-19-13-18-36(30-39)34-14-3-2-4-15-34)44-24-11-12-25-47(44)53-52(33)54-48-28-27-38(32-46(48)51-41-21-8-5-16-35(41)26-29-49(51)54)45-31-37-17-6-7-20-40(37)42-22-9-10-23-43(42)45/h2-30,32,45H,31H2,1H3. The lowest BCUT2D eigenvalue weighted by atomic mass is 9.75. The Hall–Kier alpha value is -6.77. The first-order valence-electron chi connectivity index (χ1n) is 18.9. The van der Waals surface area contributed by atoms with Gasteiger partial charge in [-0.3, -0.25) is 4.57 Å². The summed E-state index contributed by atoms with van der Waals surface area (Å²) in [7, 11) is 0. The fourth-order valence-corrected chi connectivity index (χ4v) is 9.26. The minimum atomic E-state index is 0.262. The smallest absolute Gasteiger partial charge is 0.141 e. The average Bonchev–Trinajstić information content (AvgIpc) is 3.57. The van der Waals surface area contributed by atoms with Crippen LogP contribution in [0.25, 0.3) is 82.7 Å². The van der Waals surface area contributed by atoms with Crippen LogP contribution in [0.4, 0.5) is 0 Å². The van der Waals surface area contributed by atoms with E-state index in [0.717, 1.165) is 28.7 Å². The quantitative estimate of drug-likeness (QED) is 0.180. The van der Waals surface area contributed by atoms with Crippen molar-refractivity contribution in [2.45, 2.75) is 19.3 Å². The zero-order chi connectivity index (χ0) is 35.8. The van der Waals surface area contributed by atoms with Crippen molar-refractivity contribution in [3.05, 3.63) is 204 Å². The summed E-state index contributed by atoms with van der Waals surface area (Å²) in [5, 5.41) is 6.20. The molecule has 2 aromatic heterocycles. The number of hydrogen-bond donors (Lipinski definition) is 0. The third-order valence-corrected chi connectivity index (χ3v) is 11.7. The van der Waals surface area contributed by atoms with Crippen molar-refractivity contribution in [3.63, 3.8) is 0 Å². The first-order chi connectivity index (χ1) is 26.7. The maximum absolute atomic E-state index is 5.49. The van der Waals surface area contributed by atoms with Crippen LogP contribution in [-0.4, -0.2) is 9.55 Å². The molecule has 54 heavy (non-hydrogen) atoms. The Bertz CT molecular complexity index is 3100. The number of aromatic nitrogens is 2. The first kappa shape index (κ1) is 30.8. The fraction of sp³-hybridized carbons (Fsp3) is 0.0577. The molecule has 2 heteroatoms. The molecule has 0 saturated heterocycles. The number of hydrogen-bond acceptors (Lipinski definition) is 1. The van der Waals surface area contributed by atoms with Crippen LogP contribution in [0.1, 0.15) is 28.2 Å². The van der Waals surface area contributed by atoms with Gasteiger partial charge in [-0.1, -0.05) is 152 Å². The number of nitrogens with zero attached hydrogens (tertiary/aromatic N) is 2. The molecule has 10 aromatic rings. The molecule has 8 aromatic carbocycles. The lowest BCUT2D eigenvalue weighted by Gasteiger charge is -2.28. The van der Waals surface area contributed by atoms with Gasteiger partial charge in [-0.25, -0.2) is 4.98 Å². The van der Waals surface area contributed by atoms with Crippen molar-refractivity contribution < 1.29 is 0 Å². The van der Waals surface area contributed by atoms with Crippen LogP contribution in [0.15, 0.2) is 182 Å². The van der Waals surface area contributed by atoms with E-state index < -0.39 is 0 Å². The molecule has 1 unspecified atom stereocenters. The number of rotatable bonds is 4. The van der Waals surface area contributed by atoms with Crippen molar-refractivity contribution in [1.29, 1.82) is 0 Å². The highest BCUT2D eigenvalue weighted by molar-refractivity contribution is 6.21. The third kappa shape index (κ3) is 4.70. The molecule has 11 rings (SSSR count). The highest BCUT2D eigenvalue weighted by Crippen LogP contribution is 2.46. The number of pyridine rings is 1. The SMILES string of the molecule is Cc1c(-n2c3ccc(C4Cc5ccccc5-c5ccccc54)cc3c3c4ccccc4ccc32)nc2ccccc2c1-c1cccc(-c2ccccc2)c1. The van der Waals surface area contributed by atoms with Gasteiger partial charge < -0.3 is 0 Å². The molecule has 1 aliphatic rings. The van der Waals surface area contributed by atoms with Gasteiger partial charge in [-0.15, -0.1) is 0 Å². The lowest BCUT2D eigenvalue weighted by molar-refractivity contribution is 0.795. The van der Waals surface area contributed by atoms with E-state index in [9.17, 15) is 0 Å². The molecule has 0 saturated carbocycles. The second-order valence-corrected chi connectivity index (χ2v) is 14.7. The summed E-state index contributed by atoms with van der Waals surface area (Å²) >= 11 is 0. The Balaban J connectivity index is 1.18. The van der Waals surface area contributed by atoms with E-state index in [2.05, 4.69) is 193 Å². The molecule has 0 fully saturated rings. The van der Waals surface area contributed by atoms with Gasteiger partial charge in [0, 0.05) is 27.6 Å². The van der Waals surface area contributed by atoms with E-state index in [4.69, 9.17) is 4.98 Å². The van der Waals surface area contributed by atoms with Gasteiger partial charge in [0.15, 0.2) is 0 Å². The molecule has 0 aliphatic heterocycles. The van der Waals surface area contributed by atoms with E-state index >= 15 is 0 Å². The summed E-state index contributed by atoms with van der Waals surface area (Å²) in [5.74, 6) is 1.23. The summed E-state index contributed by atoms with van der Waals surface area (Å²) in [6.07, 6.45) is 0.981. The highest BCUT2D eigenvalue weighted by Gasteiger charge is 2.27. The van der Waals surface area contributed by atoms with Gasteiger partial charge in [-0.2, -0.15) is 0 Å². The minimum Gasteiger partial charge on any atom is -0.294 e. The molecule has 0 amide bonds. The summed E-state index contributed by atoms with van der Waals surface area (Å²) in [5.41, 5.74) is 16.2. The van der Waals surface area contributed by atoms with Crippen LogP contribution in [0.5, 0.6) is 0 Å². The van der Waals surface area contributed by atoms with Crippen molar-refractivity contribution in [1.82, 2.24) is 9.55 Å².